The molecule has 1 unspecified atom stereocenters. The molecule has 8 heteroatoms. The minimum Gasteiger partial charge on any atom is -0.354 e. The van der Waals surface area contributed by atoms with Gasteiger partial charge in [0.15, 0.2) is 0 Å². The number of nitrogens with zero attached hydrogens (tertiary/aromatic N) is 1. The molecule has 24 heavy (non-hydrogen) atoms. The topological polar surface area (TPSA) is 95.6 Å². The zero-order valence-electron chi connectivity index (χ0n) is 14.1. The van der Waals surface area contributed by atoms with E-state index in [9.17, 15) is 18.0 Å². The van der Waals surface area contributed by atoms with Crippen molar-refractivity contribution in [3.63, 3.8) is 0 Å². The van der Waals surface area contributed by atoms with Crippen LogP contribution in [-0.4, -0.2) is 50.2 Å². The van der Waals surface area contributed by atoms with Crippen LogP contribution in [0.15, 0.2) is 29.2 Å². The molecule has 2 rings (SSSR count). The molecular weight excluding hydrogens is 330 g/mol. The van der Waals surface area contributed by atoms with Gasteiger partial charge in [-0.3, -0.25) is 9.59 Å². The Morgan fingerprint density at radius 2 is 2.08 bits per heavy atom. The smallest absolute Gasteiger partial charge is 0.251 e. The fourth-order valence-corrected chi connectivity index (χ4v) is 3.81. The van der Waals surface area contributed by atoms with Crippen LogP contribution in [0.4, 0.5) is 0 Å². The first-order chi connectivity index (χ1) is 11.2. The van der Waals surface area contributed by atoms with Crippen molar-refractivity contribution >= 4 is 21.8 Å². The Morgan fingerprint density at radius 3 is 2.71 bits per heavy atom. The van der Waals surface area contributed by atoms with Gasteiger partial charge in [-0.05, 0) is 44.9 Å². The molecule has 0 spiro atoms. The highest BCUT2D eigenvalue weighted by atomic mass is 32.2. The van der Waals surface area contributed by atoms with E-state index in [4.69, 9.17) is 0 Å². The SMILES string of the molecule is CC(C)N(C)S(=O)(=O)c1cccc(C(=O)NC2CCCNC2=O)c1. The zero-order valence-corrected chi connectivity index (χ0v) is 14.9. The molecule has 0 bridgehead atoms. The molecule has 7 nitrogen and oxygen atoms in total. The summed E-state index contributed by atoms with van der Waals surface area (Å²) in [5, 5.41) is 5.35. The van der Waals surface area contributed by atoms with E-state index in [2.05, 4.69) is 10.6 Å². The van der Waals surface area contributed by atoms with Gasteiger partial charge in [0, 0.05) is 25.2 Å². The minimum absolute atomic E-state index is 0.0550. The normalized spacial score (nSPS) is 18.5. The van der Waals surface area contributed by atoms with Gasteiger partial charge in [0.05, 0.1) is 4.90 Å². The van der Waals surface area contributed by atoms with Gasteiger partial charge in [-0.1, -0.05) is 6.07 Å². The van der Waals surface area contributed by atoms with Crippen molar-refractivity contribution in [1.82, 2.24) is 14.9 Å². The summed E-state index contributed by atoms with van der Waals surface area (Å²) in [5.41, 5.74) is 0.214. The van der Waals surface area contributed by atoms with Crippen LogP contribution in [0, 0.1) is 0 Å². The summed E-state index contributed by atoms with van der Waals surface area (Å²) < 4.78 is 26.3. The second kappa shape index (κ2) is 7.31. The van der Waals surface area contributed by atoms with E-state index < -0.39 is 22.0 Å². The summed E-state index contributed by atoms with van der Waals surface area (Å²) in [6, 6.07) is 5.08. The van der Waals surface area contributed by atoms with Gasteiger partial charge < -0.3 is 10.6 Å². The summed E-state index contributed by atoms with van der Waals surface area (Å²) >= 11 is 0. The van der Waals surface area contributed by atoms with Crippen molar-refractivity contribution in [3.05, 3.63) is 29.8 Å². The maximum absolute atomic E-state index is 12.5. The molecule has 1 fully saturated rings. The second-order valence-electron chi connectivity index (χ2n) is 6.10. The Bertz CT molecular complexity index is 731. The largest absolute Gasteiger partial charge is 0.354 e. The molecular formula is C16H23N3O4S. The van der Waals surface area contributed by atoms with Crippen molar-refractivity contribution in [1.29, 1.82) is 0 Å². The molecule has 2 N–H and O–H groups in total. The maximum atomic E-state index is 12.5. The monoisotopic (exact) mass is 353 g/mol. The van der Waals surface area contributed by atoms with E-state index in [1.165, 1.54) is 35.6 Å². The first-order valence-corrected chi connectivity index (χ1v) is 9.34. The Labute approximate surface area is 142 Å². The van der Waals surface area contributed by atoms with E-state index >= 15 is 0 Å². The number of carbonyl (C=O) groups is 2. The molecule has 2 amide bonds. The van der Waals surface area contributed by atoms with Crippen LogP contribution >= 0.6 is 0 Å². The van der Waals surface area contributed by atoms with Gasteiger partial charge in [-0.15, -0.1) is 0 Å². The van der Waals surface area contributed by atoms with Crippen molar-refractivity contribution in [2.24, 2.45) is 0 Å². The Hall–Kier alpha value is -1.93. The molecule has 0 aliphatic carbocycles. The van der Waals surface area contributed by atoms with Crippen LogP contribution < -0.4 is 10.6 Å². The van der Waals surface area contributed by atoms with E-state index in [0.717, 1.165) is 6.42 Å². The number of hydrogen-bond donors (Lipinski definition) is 2. The van der Waals surface area contributed by atoms with Crippen LogP contribution in [0.25, 0.3) is 0 Å². The van der Waals surface area contributed by atoms with Gasteiger partial charge in [-0.25, -0.2) is 8.42 Å². The maximum Gasteiger partial charge on any atom is 0.251 e. The number of benzene rings is 1. The average Bonchev–Trinajstić information content (AvgIpc) is 2.56. The number of carbonyl (C=O) groups excluding carboxylic acids is 2. The van der Waals surface area contributed by atoms with Crippen LogP contribution in [0.1, 0.15) is 37.0 Å². The summed E-state index contributed by atoms with van der Waals surface area (Å²) in [6.07, 6.45) is 1.37. The van der Waals surface area contributed by atoms with Gasteiger partial charge in [-0.2, -0.15) is 4.31 Å². The average molecular weight is 353 g/mol. The molecule has 0 saturated carbocycles. The highest BCUT2D eigenvalue weighted by Gasteiger charge is 2.26. The van der Waals surface area contributed by atoms with Gasteiger partial charge >= 0.3 is 0 Å². The number of rotatable bonds is 5. The highest BCUT2D eigenvalue weighted by Crippen LogP contribution is 2.18. The van der Waals surface area contributed by atoms with Crippen molar-refractivity contribution < 1.29 is 18.0 Å². The first kappa shape index (κ1) is 18.4. The lowest BCUT2D eigenvalue weighted by atomic mass is 10.1. The van der Waals surface area contributed by atoms with Crippen molar-refractivity contribution in [3.8, 4) is 0 Å². The third kappa shape index (κ3) is 3.93. The van der Waals surface area contributed by atoms with Crippen LogP contribution in [-0.2, 0) is 14.8 Å². The zero-order chi connectivity index (χ0) is 17.9. The summed E-state index contributed by atoms with van der Waals surface area (Å²) in [6.45, 7) is 4.16. The lowest BCUT2D eigenvalue weighted by Crippen LogP contribution is -2.50. The molecule has 132 valence electrons. The predicted molar refractivity (Wildman–Crippen MR) is 90.0 cm³/mol. The van der Waals surface area contributed by atoms with E-state index in [1.807, 2.05) is 0 Å². The van der Waals surface area contributed by atoms with Crippen LogP contribution in [0.2, 0.25) is 0 Å². The lowest BCUT2D eigenvalue weighted by Gasteiger charge is -2.23. The molecule has 1 aromatic carbocycles. The second-order valence-corrected chi connectivity index (χ2v) is 8.10. The third-order valence-corrected chi connectivity index (χ3v) is 6.12. The number of hydrogen-bond acceptors (Lipinski definition) is 4. The van der Waals surface area contributed by atoms with Crippen LogP contribution in [0.3, 0.4) is 0 Å². The first-order valence-electron chi connectivity index (χ1n) is 7.90. The number of amides is 2. The Morgan fingerprint density at radius 1 is 1.38 bits per heavy atom. The highest BCUT2D eigenvalue weighted by molar-refractivity contribution is 7.89. The van der Waals surface area contributed by atoms with E-state index in [0.29, 0.717) is 13.0 Å². The molecule has 1 saturated heterocycles. The van der Waals surface area contributed by atoms with E-state index in [1.54, 1.807) is 13.8 Å². The molecule has 1 atom stereocenters. The third-order valence-electron chi connectivity index (χ3n) is 4.09. The molecule has 1 aliphatic heterocycles. The fraction of sp³-hybridized carbons (Fsp3) is 0.500. The number of sulfonamides is 1. The van der Waals surface area contributed by atoms with Gasteiger partial charge in [0.1, 0.15) is 6.04 Å². The summed E-state index contributed by atoms with van der Waals surface area (Å²) in [5.74, 6) is -0.667. The van der Waals surface area contributed by atoms with Crippen molar-refractivity contribution in [2.45, 2.75) is 43.7 Å². The molecule has 0 radical (unpaired) electrons. The minimum atomic E-state index is -3.66. The molecule has 0 aromatic heterocycles. The summed E-state index contributed by atoms with van der Waals surface area (Å²) in [4.78, 5) is 24.1. The lowest BCUT2D eigenvalue weighted by molar-refractivity contribution is -0.124. The number of nitrogens with one attached hydrogen (secondary N) is 2. The molecule has 1 aliphatic rings. The standard InChI is InChI=1S/C16H23N3O4S/c1-11(2)19(3)24(22,23)13-7-4-6-12(10-13)15(20)18-14-8-5-9-17-16(14)21/h4,6-7,10-11,14H,5,8-9H2,1-3H3,(H,17,21)(H,18,20). The van der Waals surface area contributed by atoms with Gasteiger partial charge in [0.25, 0.3) is 5.91 Å². The molecule has 1 heterocycles. The Balaban J connectivity index is 2.21. The fourth-order valence-electron chi connectivity index (χ4n) is 2.39. The quantitative estimate of drug-likeness (QED) is 0.815. The predicted octanol–water partition coefficient (Wildman–Crippen LogP) is 0.724. The Kier molecular flexibility index (Phi) is 5.61. The van der Waals surface area contributed by atoms with Crippen molar-refractivity contribution in [2.75, 3.05) is 13.6 Å². The van der Waals surface area contributed by atoms with Crippen LogP contribution in [0.5, 0.6) is 0 Å². The molecule has 1 aromatic rings. The van der Waals surface area contributed by atoms with E-state index in [-0.39, 0.29) is 22.4 Å². The van der Waals surface area contributed by atoms with Gasteiger partial charge in [0.2, 0.25) is 15.9 Å². The number of piperidine rings is 1. The summed E-state index contributed by atoms with van der Waals surface area (Å²) in [7, 11) is -2.16.